The van der Waals surface area contributed by atoms with Crippen LogP contribution in [-0.4, -0.2) is 14.6 Å². The number of oxazole rings is 1. The molecule has 0 unspecified atom stereocenters. The summed E-state index contributed by atoms with van der Waals surface area (Å²) in [7, 11) is 0. The smallest absolute Gasteiger partial charge is 0.427 e. The average molecular weight is 444 g/mol. The molecule has 1 aromatic heterocycles. The molecule has 0 aliphatic heterocycles. The van der Waals surface area contributed by atoms with Crippen LogP contribution in [0, 0.1) is 30.9 Å². The number of nitro benzene ring substituents is 1. The van der Waals surface area contributed by atoms with Gasteiger partial charge in [0.2, 0.25) is 11.6 Å². The van der Waals surface area contributed by atoms with Crippen molar-refractivity contribution in [2.45, 2.75) is 20.8 Å². The number of benzene rings is 2. The number of aromatic nitrogens is 1. The van der Waals surface area contributed by atoms with Crippen molar-refractivity contribution in [2.75, 3.05) is 0 Å². The van der Waals surface area contributed by atoms with Crippen molar-refractivity contribution in [1.29, 1.82) is 0 Å². The molecule has 1 heterocycles. The maximum Gasteiger partial charge on any atom is 0.427 e. The Morgan fingerprint density at radius 3 is 2.25 bits per heavy atom. The molecule has 3 rings (SSSR count). The molecular weight excluding hydrogens is 431 g/mol. The lowest BCUT2D eigenvalue weighted by Gasteiger charge is -2.11. The number of aromatic hydroxyl groups is 1. The van der Waals surface area contributed by atoms with E-state index in [0.29, 0.717) is 11.1 Å². The Labute approximate surface area is 173 Å². The van der Waals surface area contributed by atoms with Crippen molar-refractivity contribution in [2.24, 2.45) is 0 Å². The minimum atomic E-state index is -0.935. The molecule has 2 aromatic carbocycles. The highest BCUT2D eigenvalue weighted by atomic mass is 35.5. The van der Waals surface area contributed by atoms with Gasteiger partial charge in [-0.1, -0.05) is 34.8 Å². The topological polar surface area (TPSA) is 98.5 Å². The Kier molecular flexibility index (Phi) is 5.18. The van der Waals surface area contributed by atoms with Crippen LogP contribution in [0.3, 0.4) is 0 Å². The van der Waals surface area contributed by atoms with Gasteiger partial charge in [0.05, 0.1) is 25.7 Å². The highest BCUT2D eigenvalue weighted by Gasteiger charge is 2.28. The van der Waals surface area contributed by atoms with Gasteiger partial charge < -0.3 is 9.52 Å². The zero-order chi connectivity index (χ0) is 20.9. The van der Waals surface area contributed by atoms with Crippen LogP contribution < -0.4 is 5.76 Å². The summed E-state index contributed by atoms with van der Waals surface area (Å²) in [5, 5.41) is 22.5. The first-order valence-corrected chi connectivity index (χ1v) is 9.03. The molecule has 0 aliphatic rings. The number of halogens is 3. The molecule has 0 saturated heterocycles. The van der Waals surface area contributed by atoms with Crippen molar-refractivity contribution in [3.63, 3.8) is 0 Å². The van der Waals surface area contributed by atoms with Crippen LogP contribution in [0.15, 0.2) is 27.4 Å². The minimum absolute atomic E-state index is 0.0579. The fraction of sp³-hybridized carbons (Fsp3) is 0.167. The van der Waals surface area contributed by atoms with Crippen LogP contribution in [-0.2, 0) is 0 Å². The predicted octanol–water partition coefficient (Wildman–Crippen LogP) is 5.60. The Bertz CT molecular complexity index is 1200. The average Bonchev–Trinajstić information content (AvgIpc) is 2.85. The van der Waals surface area contributed by atoms with E-state index >= 15 is 0 Å². The Hall–Kier alpha value is -2.48. The van der Waals surface area contributed by atoms with Crippen molar-refractivity contribution >= 4 is 40.5 Å². The van der Waals surface area contributed by atoms with E-state index in [2.05, 4.69) is 0 Å². The summed E-state index contributed by atoms with van der Waals surface area (Å²) in [6.07, 6.45) is 0. The quantitative estimate of drug-likeness (QED) is 0.323. The maximum absolute atomic E-state index is 12.5. The number of nitrogens with zero attached hydrogens (tertiary/aromatic N) is 2. The van der Waals surface area contributed by atoms with Gasteiger partial charge in [-0.2, -0.15) is 0 Å². The van der Waals surface area contributed by atoms with Crippen LogP contribution in [0.4, 0.5) is 5.69 Å². The van der Waals surface area contributed by atoms with Crippen LogP contribution >= 0.6 is 34.8 Å². The second-order valence-corrected chi connectivity index (χ2v) is 7.41. The molecule has 3 aromatic rings. The fourth-order valence-electron chi connectivity index (χ4n) is 3.23. The maximum atomic E-state index is 12.5. The third-order valence-electron chi connectivity index (χ3n) is 4.36. The number of hydrogen-bond donors (Lipinski definition) is 1. The summed E-state index contributed by atoms with van der Waals surface area (Å²) in [6, 6.07) is 4.22. The lowest BCUT2D eigenvalue weighted by molar-refractivity contribution is -0.386. The molecule has 146 valence electrons. The molecule has 0 atom stereocenters. The molecule has 0 amide bonds. The normalized spacial score (nSPS) is 11.1. The summed E-state index contributed by atoms with van der Waals surface area (Å²) in [5.41, 5.74) is 1.50. The number of nitro groups is 1. The van der Waals surface area contributed by atoms with Crippen molar-refractivity contribution < 1.29 is 14.4 Å². The third kappa shape index (κ3) is 3.15. The lowest BCUT2D eigenvalue weighted by Crippen LogP contribution is -2.11. The van der Waals surface area contributed by atoms with Crippen molar-refractivity contribution in [3.8, 4) is 22.9 Å². The number of hydrogen-bond acceptors (Lipinski definition) is 5. The molecule has 0 fully saturated rings. The van der Waals surface area contributed by atoms with Gasteiger partial charge in [-0.3, -0.25) is 10.1 Å². The molecule has 28 heavy (non-hydrogen) atoms. The highest BCUT2D eigenvalue weighted by molar-refractivity contribution is 6.43. The Balaban J connectivity index is 2.34. The van der Waals surface area contributed by atoms with E-state index in [0.717, 1.165) is 4.57 Å². The fourth-order valence-corrected chi connectivity index (χ4v) is 3.86. The van der Waals surface area contributed by atoms with Crippen molar-refractivity contribution in [3.05, 3.63) is 70.6 Å². The van der Waals surface area contributed by atoms with E-state index in [4.69, 9.17) is 39.2 Å². The molecule has 7 nitrogen and oxygen atoms in total. The minimum Gasteiger partial charge on any atom is -0.491 e. The summed E-state index contributed by atoms with van der Waals surface area (Å²) in [5.74, 6) is -1.70. The van der Waals surface area contributed by atoms with Gasteiger partial charge in [-0.25, -0.2) is 9.36 Å². The third-order valence-corrected chi connectivity index (χ3v) is 5.38. The van der Waals surface area contributed by atoms with Gasteiger partial charge in [0.25, 0.3) is 5.69 Å². The largest absolute Gasteiger partial charge is 0.491 e. The number of rotatable bonds is 3. The van der Waals surface area contributed by atoms with E-state index in [-0.39, 0.29) is 43.3 Å². The van der Waals surface area contributed by atoms with Gasteiger partial charge in [-0.05, 0) is 44.5 Å². The van der Waals surface area contributed by atoms with Crippen LogP contribution in [0.5, 0.6) is 5.88 Å². The van der Waals surface area contributed by atoms with E-state index in [9.17, 15) is 20.0 Å². The van der Waals surface area contributed by atoms with E-state index in [1.165, 1.54) is 19.1 Å². The highest BCUT2D eigenvalue weighted by Crippen LogP contribution is 2.41. The van der Waals surface area contributed by atoms with E-state index in [1.54, 1.807) is 19.9 Å². The van der Waals surface area contributed by atoms with Crippen LogP contribution in [0.2, 0.25) is 15.1 Å². The molecule has 1 N–H and O–H groups in total. The lowest BCUT2D eigenvalue weighted by atomic mass is 9.96. The van der Waals surface area contributed by atoms with Crippen molar-refractivity contribution in [1.82, 2.24) is 4.57 Å². The zero-order valence-electron chi connectivity index (χ0n) is 14.8. The first-order chi connectivity index (χ1) is 13.0. The summed E-state index contributed by atoms with van der Waals surface area (Å²) in [4.78, 5) is 23.4. The standard InChI is InChI=1S/C18H13Cl3N2O5/c1-7-4-8(2)15(23(26)27)9(3)14(7)16-17(24)22(18(25)28-16)13-6-11(20)10(19)5-12(13)21/h4-6,24H,1-3H3. The summed E-state index contributed by atoms with van der Waals surface area (Å²) >= 11 is 18.0. The van der Waals surface area contributed by atoms with Gasteiger partial charge >= 0.3 is 5.76 Å². The van der Waals surface area contributed by atoms with Gasteiger partial charge in [0.1, 0.15) is 0 Å². The second kappa shape index (κ2) is 7.16. The predicted molar refractivity (Wildman–Crippen MR) is 107 cm³/mol. The van der Waals surface area contributed by atoms with Gasteiger partial charge in [0.15, 0.2) is 0 Å². The van der Waals surface area contributed by atoms with E-state index < -0.39 is 16.6 Å². The number of aryl methyl sites for hydroxylation is 2. The molecule has 0 bridgehead atoms. The molecule has 10 heteroatoms. The molecule has 0 radical (unpaired) electrons. The molecule has 0 aliphatic carbocycles. The first kappa shape index (κ1) is 20.3. The zero-order valence-corrected chi connectivity index (χ0v) is 17.1. The molecule has 0 saturated carbocycles. The van der Waals surface area contributed by atoms with Gasteiger partial charge in [-0.15, -0.1) is 0 Å². The summed E-state index contributed by atoms with van der Waals surface area (Å²) in [6.45, 7) is 4.83. The monoisotopic (exact) mass is 442 g/mol. The molecular formula is C18H13Cl3N2O5. The van der Waals surface area contributed by atoms with Gasteiger partial charge in [0, 0.05) is 16.7 Å². The second-order valence-electron chi connectivity index (χ2n) is 6.19. The molecule has 0 spiro atoms. The van der Waals surface area contributed by atoms with E-state index in [1.807, 2.05) is 0 Å². The first-order valence-electron chi connectivity index (χ1n) is 7.89. The SMILES string of the molecule is Cc1cc(C)c([N+](=O)[O-])c(C)c1-c1oc(=O)n(-c2cc(Cl)c(Cl)cc2Cl)c1O. The Morgan fingerprint density at radius 2 is 1.64 bits per heavy atom. The Morgan fingerprint density at radius 1 is 1.04 bits per heavy atom. The summed E-state index contributed by atoms with van der Waals surface area (Å²) < 4.78 is 6.07. The van der Waals surface area contributed by atoms with Crippen LogP contribution in [0.25, 0.3) is 17.0 Å². The van der Waals surface area contributed by atoms with Crippen LogP contribution in [0.1, 0.15) is 16.7 Å².